The van der Waals surface area contributed by atoms with Gasteiger partial charge in [0.25, 0.3) is 0 Å². The predicted molar refractivity (Wildman–Crippen MR) is 138 cm³/mol. The second kappa shape index (κ2) is 11.4. The van der Waals surface area contributed by atoms with Crippen molar-refractivity contribution in [2.24, 2.45) is 4.99 Å². The maximum absolute atomic E-state index is 8.63. The summed E-state index contributed by atoms with van der Waals surface area (Å²) in [5.41, 5.74) is 3.60. The van der Waals surface area contributed by atoms with Gasteiger partial charge in [-0.25, -0.2) is 22.5 Å². The van der Waals surface area contributed by atoms with Gasteiger partial charge in [0, 0.05) is 31.1 Å². The van der Waals surface area contributed by atoms with Crippen LogP contribution in [0.5, 0.6) is 11.5 Å². The van der Waals surface area contributed by atoms with Gasteiger partial charge in [0.1, 0.15) is 24.5 Å². The van der Waals surface area contributed by atoms with Gasteiger partial charge in [-0.15, -0.1) is 6.08 Å². The molecular weight excluding hydrogens is 449 g/mol. The van der Waals surface area contributed by atoms with Crippen molar-refractivity contribution in [3.63, 3.8) is 0 Å². The van der Waals surface area contributed by atoms with E-state index in [4.69, 9.17) is 21.5 Å². The summed E-state index contributed by atoms with van der Waals surface area (Å²) >= 11 is 0. The first kappa shape index (κ1) is 25.5. The largest absolute Gasteiger partial charge is 1.00 e. The van der Waals surface area contributed by atoms with E-state index >= 15 is 0 Å². The Kier molecular flexibility index (Phi) is 8.06. The van der Waals surface area contributed by atoms with E-state index in [0.717, 1.165) is 53.2 Å². The van der Waals surface area contributed by atoms with Gasteiger partial charge >= 0.3 is 18.9 Å². The van der Waals surface area contributed by atoms with Crippen molar-refractivity contribution in [2.45, 2.75) is 13.0 Å². The normalized spacial score (nSPS) is 17.0. The molecule has 3 heterocycles. The Balaban J connectivity index is 0.00000304. The molecule has 0 aliphatic carbocycles. The molecule has 36 heavy (non-hydrogen) atoms. The zero-order valence-electron chi connectivity index (χ0n) is 20.2. The second-order valence-corrected chi connectivity index (χ2v) is 8.23. The first-order chi connectivity index (χ1) is 17.2. The molecule has 1 saturated heterocycles. The van der Waals surface area contributed by atoms with Crippen LogP contribution < -0.4 is 43.9 Å². The van der Waals surface area contributed by atoms with Crippen LogP contribution in [0.15, 0.2) is 59.6 Å². The van der Waals surface area contributed by atoms with Crippen molar-refractivity contribution in [1.29, 1.82) is 0 Å². The number of allylic oxidation sites excluding steroid dienone is 2. The van der Waals surface area contributed by atoms with Crippen LogP contribution in [0.2, 0.25) is 0 Å². The van der Waals surface area contributed by atoms with E-state index in [2.05, 4.69) is 42.8 Å². The molecule has 178 valence electrons. The standard InChI is InChI=1S/C26H24N7O2.Li/c1-3-20(8-9-28-15-27)35-23-7-4-18(12-17(23)2)32-26-24-21(30-16-31-26)5-6-22-25(24)34-14-19-13-33(22)11-10-29-19;/h1,3-8,12,15-16,19,29H,10-11,13-14H2,2H3,(H,30,31,32);/q-3;+1/b20-8+;/t19-;/m1./s1. The maximum atomic E-state index is 8.63. The second-order valence-electron chi connectivity index (χ2n) is 8.23. The minimum absolute atomic E-state index is 0. The number of nitrogens with zero attached hydrogens (tertiary/aromatic N) is 5. The summed E-state index contributed by atoms with van der Waals surface area (Å²) in [5, 5.41) is 16.4. The summed E-state index contributed by atoms with van der Waals surface area (Å²) in [6, 6.07) is 10.1. The third kappa shape index (κ3) is 5.29. The average molecular weight is 473 g/mol. The molecule has 2 aliphatic rings. The summed E-state index contributed by atoms with van der Waals surface area (Å²) in [6.07, 6.45) is 7.42. The van der Waals surface area contributed by atoms with Gasteiger partial charge in [-0.2, -0.15) is 6.08 Å². The molecule has 0 amide bonds. The predicted octanol–water partition coefficient (Wildman–Crippen LogP) is 0.654. The summed E-state index contributed by atoms with van der Waals surface area (Å²) in [4.78, 5) is 14.8. The van der Waals surface area contributed by atoms with Crippen molar-refractivity contribution < 1.29 is 28.3 Å². The number of aliphatic imine (C=N–C) groups is 1. The van der Waals surface area contributed by atoms with Crippen LogP contribution in [0.25, 0.3) is 16.3 Å². The maximum Gasteiger partial charge on any atom is 1.00 e. The summed E-state index contributed by atoms with van der Waals surface area (Å²) < 4.78 is 12.1. The van der Waals surface area contributed by atoms with E-state index in [1.165, 1.54) is 12.2 Å². The molecule has 2 aliphatic heterocycles. The number of nitrogens with one attached hydrogen (secondary N) is 2. The zero-order valence-corrected chi connectivity index (χ0v) is 20.2. The van der Waals surface area contributed by atoms with Crippen LogP contribution in [0, 0.1) is 13.5 Å². The minimum Gasteiger partial charge on any atom is -0.577 e. The number of benzene rings is 2. The SMILES string of the molecule is [CH-]=C/C(=C\[C-]=NC=[N-])Oc1ccc(Nc2ncnc3ccc4c(c23)OC[C@H]2CN4CCN2)cc1C.[Li+]. The molecule has 2 bridgehead atoms. The Morgan fingerprint density at radius 1 is 1.36 bits per heavy atom. The topological polar surface area (TPSA) is 106 Å². The Bertz CT molecular complexity index is 1340. The number of anilines is 3. The van der Waals surface area contributed by atoms with Crippen molar-refractivity contribution in [2.75, 3.05) is 36.5 Å². The summed E-state index contributed by atoms with van der Waals surface area (Å²) in [6.45, 7) is 10.9. The molecular formula is C26H24LiN7O2-2. The van der Waals surface area contributed by atoms with Crippen LogP contribution in [0.4, 0.5) is 17.2 Å². The van der Waals surface area contributed by atoms with Gasteiger partial charge < -0.3 is 35.4 Å². The van der Waals surface area contributed by atoms with E-state index < -0.39 is 0 Å². The zero-order chi connectivity index (χ0) is 24.2. The molecule has 3 aromatic rings. The molecule has 2 aromatic carbocycles. The van der Waals surface area contributed by atoms with Crippen molar-refractivity contribution in [3.05, 3.63) is 72.1 Å². The van der Waals surface area contributed by atoms with Crippen molar-refractivity contribution >= 4 is 40.6 Å². The van der Waals surface area contributed by atoms with Gasteiger partial charge in [-0.1, -0.05) is 0 Å². The number of piperazine rings is 1. The average Bonchev–Trinajstić information content (AvgIpc) is 3.00. The molecule has 2 N–H and O–H groups in total. The molecule has 9 nitrogen and oxygen atoms in total. The fourth-order valence-electron chi connectivity index (χ4n) is 4.29. The third-order valence-electron chi connectivity index (χ3n) is 5.93. The van der Waals surface area contributed by atoms with Gasteiger partial charge in [0.05, 0.1) is 22.6 Å². The van der Waals surface area contributed by atoms with Crippen LogP contribution in [0.3, 0.4) is 0 Å². The fraction of sp³-hybridized carbons (Fsp3) is 0.231. The number of ether oxygens (including phenoxy) is 2. The van der Waals surface area contributed by atoms with E-state index in [9.17, 15) is 0 Å². The summed E-state index contributed by atoms with van der Waals surface area (Å²) in [5.74, 6) is 2.44. The quantitative estimate of drug-likeness (QED) is 0.130. The Hall–Kier alpha value is -3.64. The van der Waals surface area contributed by atoms with E-state index in [1.807, 2.05) is 31.2 Å². The Morgan fingerprint density at radius 2 is 2.25 bits per heavy atom. The van der Waals surface area contributed by atoms with Crippen molar-refractivity contribution in [3.8, 4) is 11.5 Å². The van der Waals surface area contributed by atoms with Crippen LogP contribution in [0.1, 0.15) is 5.56 Å². The number of hydrogen-bond acceptors (Lipinski definition) is 7. The van der Waals surface area contributed by atoms with Crippen LogP contribution in [-0.2, 0) is 0 Å². The minimum atomic E-state index is 0. The Morgan fingerprint density at radius 3 is 3.06 bits per heavy atom. The van der Waals surface area contributed by atoms with E-state index in [-0.39, 0.29) is 24.9 Å². The monoisotopic (exact) mass is 473 g/mol. The summed E-state index contributed by atoms with van der Waals surface area (Å²) in [7, 11) is 0. The number of hydrogen-bond donors (Lipinski definition) is 2. The van der Waals surface area contributed by atoms with Gasteiger partial charge in [0.15, 0.2) is 5.75 Å². The molecule has 10 heteroatoms. The molecule has 1 atom stereocenters. The number of rotatable bonds is 7. The number of fused-ring (bicyclic) bond motifs is 6. The smallest absolute Gasteiger partial charge is 0.577 e. The van der Waals surface area contributed by atoms with Gasteiger partial charge in [0.2, 0.25) is 0 Å². The fourth-order valence-corrected chi connectivity index (χ4v) is 4.29. The number of aromatic nitrogens is 2. The van der Waals surface area contributed by atoms with Gasteiger partial charge in [-0.05, 0) is 42.8 Å². The molecule has 5 rings (SSSR count). The molecule has 0 radical (unpaired) electrons. The molecule has 1 fully saturated rings. The van der Waals surface area contributed by atoms with Crippen molar-refractivity contribution in [1.82, 2.24) is 15.3 Å². The Labute approximate surface area is 222 Å². The molecule has 0 unspecified atom stereocenters. The molecule has 0 spiro atoms. The van der Waals surface area contributed by atoms with E-state index in [0.29, 0.717) is 30.3 Å². The van der Waals surface area contributed by atoms with Gasteiger partial charge in [-0.3, -0.25) is 6.58 Å². The van der Waals surface area contributed by atoms with E-state index in [1.54, 1.807) is 6.33 Å². The molecule has 1 aromatic heterocycles. The third-order valence-corrected chi connectivity index (χ3v) is 5.93. The number of aryl methyl sites for hydroxylation is 1. The first-order valence-corrected chi connectivity index (χ1v) is 11.3. The first-order valence-electron chi connectivity index (χ1n) is 11.3. The van der Waals surface area contributed by atoms with Crippen LogP contribution in [-0.4, -0.2) is 54.8 Å². The molecule has 0 saturated carbocycles. The van der Waals surface area contributed by atoms with Crippen LogP contribution >= 0.6 is 0 Å².